The molecule has 9 heteroatoms. The molecule has 0 saturated heterocycles. The zero-order chi connectivity index (χ0) is 23.3. The Hall–Kier alpha value is -3.78. The highest BCUT2D eigenvalue weighted by Crippen LogP contribution is 2.21. The van der Waals surface area contributed by atoms with Gasteiger partial charge in [-0.2, -0.15) is 5.10 Å². The number of hydrogen-bond donors (Lipinski definition) is 2. The van der Waals surface area contributed by atoms with Crippen LogP contribution in [0.2, 0.25) is 5.02 Å². The number of nitrogens with zero attached hydrogens (tertiary/aromatic N) is 2. The molecular formula is C23H21ClN4O4. The van der Waals surface area contributed by atoms with Crippen molar-refractivity contribution in [1.82, 2.24) is 9.78 Å². The van der Waals surface area contributed by atoms with Gasteiger partial charge in [-0.05, 0) is 49.4 Å². The lowest BCUT2D eigenvalue weighted by molar-refractivity contribution is -0.117. The molecular weight excluding hydrogens is 432 g/mol. The molecule has 2 N–H and O–H groups in total. The van der Waals surface area contributed by atoms with Crippen molar-refractivity contribution < 1.29 is 14.4 Å². The fourth-order valence-corrected chi connectivity index (χ4v) is 2.99. The van der Waals surface area contributed by atoms with E-state index in [-0.39, 0.29) is 30.3 Å². The molecule has 3 rings (SSSR count). The number of Topliss-reactive ketones (excluding diaryl/α,β-unsaturated/α-hetero) is 1. The topological polar surface area (TPSA) is 110 Å². The summed E-state index contributed by atoms with van der Waals surface area (Å²) < 4.78 is 0.995. The van der Waals surface area contributed by atoms with Crippen LogP contribution in [0.3, 0.4) is 0 Å². The van der Waals surface area contributed by atoms with Gasteiger partial charge in [-0.3, -0.25) is 19.2 Å². The first-order valence-electron chi connectivity index (χ1n) is 9.85. The number of benzene rings is 2. The average molecular weight is 453 g/mol. The Bertz CT molecular complexity index is 1220. The van der Waals surface area contributed by atoms with Crippen molar-refractivity contribution in [2.75, 3.05) is 10.6 Å². The quantitative estimate of drug-likeness (QED) is 0.530. The minimum absolute atomic E-state index is 0.0235. The van der Waals surface area contributed by atoms with Crippen LogP contribution in [-0.2, 0) is 16.1 Å². The summed E-state index contributed by atoms with van der Waals surface area (Å²) in [6, 6.07) is 14.7. The van der Waals surface area contributed by atoms with Crippen LogP contribution in [0, 0.1) is 0 Å². The average Bonchev–Trinajstić information content (AvgIpc) is 2.77. The maximum absolute atomic E-state index is 12.8. The first-order valence-corrected chi connectivity index (χ1v) is 10.2. The number of anilines is 2. The van der Waals surface area contributed by atoms with E-state index in [9.17, 15) is 19.2 Å². The van der Waals surface area contributed by atoms with Crippen LogP contribution in [0.1, 0.15) is 30.6 Å². The van der Waals surface area contributed by atoms with E-state index in [0.29, 0.717) is 27.5 Å². The van der Waals surface area contributed by atoms with Crippen LogP contribution < -0.4 is 16.2 Å². The van der Waals surface area contributed by atoms with E-state index in [4.69, 9.17) is 11.6 Å². The van der Waals surface area contributed by atoms with Gasteiger partial charge in [0.15, 0.2) is 5.78 Å². The van der Waals surface area contributed by atoms with Gasteiger partial charge in [-0.15, -0.1) is 0 Å². The molecule has 0 saturated carbocycles. The lowest BCUT2D eigenvalue weighted by Gasteiger charge is -2.12. The first kappa shape index (κ1) is 22.9. The standard InChI is InChI=1S/C23H21ClN4O4/c1-3-21(30)26-20-12-19(16-4-8-17(24)9-5-16)27-28(23(20)32)13-22(31)25-18-10-6-15(7-11-18)14(2)29/h4-12H,3,13H2,1-2H3,(H,25,31)(H,26,30). The van der Waals surface area contributed by atoms with Gasteiger partial charge in [0, 0.05) is 28.3 Å². The number of nitrogens with one attached hydrogen (secondary N) is 2. The van der Waals surface area contributed by atoms with E-state index in [1.54, 1.807) is 55.5 Å². The molecule has 2 amide bonds. The highest BCUT2D eigenvalue weighted by atomic mass is 35.5. The number of halogens is 1. The van der Waals surface area contributed by atoms with Crippen LogP contribution in [0.4, 0.5) is 11.4 Å². The van der Waals surface area contributed by atoms with E-state index in [0.717, 1.165) is 4.68 Å². The second-order valence-electron chi connectivity index (χ2n) is 7.00. The van der Waals surface area contributed by atoms with Gasteiger partial charge in [0.05, 0.1) is 5.69 Å². The number of aromatic nitrogens is 2. The molecule has 0 aliphatic carbocycles. The van der Waals surface area contributed by atoms with Crippen LogP contribution in [-0.4, -0.2) is 27.4 Å². The fourth-order valence-electron chi connectivity index (χ4n) is 2.86. The third-order valence-electron chi connectivity index (χ3n) is 4.58. The normalized spacial score (nSPS) is 10.5. The van der Waals surface area contributed by atoms with Gasteiger partial charge in [-0.1, -0.05) is 30.7 Å². The summed E-state index contributed by atoms with van der Waals surface area (Å²) in [5.74, 6) is -0.910. The first-order chi connectivity index (χ1) is 15.3. The van der Waals surface area contributed by atoms with Crippen molar-refractivity contribution in [3.8, 4) is 11.3 Å². The number of amides is 2. The van der Waals surface area contributed by atoms with Gasteiger partial charge in [0.1, 0.15) is 12.2 Å². The van der Waals surface area contributed by atoms with Gasteiger partial charge in [-0.25, -0.2) is 4.68 Å². The summed E-state index contributed by atoms with van der Waals surface area (Å²) in [6.07, 6.45) is 0.189. The molecule has 0 radical (unpaired) electrons. The Kier molecular flexibility index (Phi) is 7.17. The third-order valence-corrected chi connectivity index (χ3v) is 4.83. The molecule has 0 atom stereocenters. The predicted octanol–water partition coefficient (Wildman–Crippen LogP) is 3.75. The van der Waals surface area contributed by atoms with Gasteiger partial charge < -0.3 is 10.6 Å². The molecule has 164 valence electrons. The van der Waals surface area contributed by atoms with Crippen LogP contribution >= 0.6 is 11.6 Å². The molecule has 8 nitrogen and oxygen atoms in total. The van der Waals surface area contributed by atoms with E-state index in [1.807, 2.05) is 0 Å². The fraction of sp³-hybridized carbons (Fsp3) is 0.174. The molecule has 0 aliphatic heterocycles. The Morgan fingerprint density at radius 3 is 2.22 bits per heavy atom. The van der Waals surface area contributed by atoms with Crippen molar-refractivity contribution in [2.45, 2.75) is 26.8 Å². The van der Waals surface area contributed by atoms with Crippen LogP contribution in [0.5, 0.6) is 0 Å². The van der Waals surface area contributed by atoms with Crippen molar-refractivity contribution >= 4 is 40.6 Å². The smallest absolute Gasteiger partial charge is 0.291 e. The number of carbonyl (C=O) groups excluding carboxylic acids is 3. The van der Waals surface area contributed by atoms with Crippen molar-refractivity contribution in [3.63, 3.8) is 0 Å². The molecule has 0 unspecified atom stereocenters. The van der Waals surface area contributed by atoms with Gasteiger partial charge in [0.2, 0.25) is 11.8 Å². The molecule has 2 aromatic carbocycles. The Morgan fingerprint density at radius 1 is 0.969 bits per heavy atom. The highest BCUT2D eigenvalue weighted by Gasteiger charge is 2.15. The number of hydrogen-bond acceptors (Lipinski definition) is 5. The number of carbonyl (C=O) groups is 3. The van der Waals surface area contributed by atoms with Crippen molar-refractivity contribution in [2.24, 2.45) is 0 Å². The molecule has 0 bridgehead atoms. The lowest BCUT2D eigenvalue weighted by Crippen LogP contribution is -2.32. The SMILES string of the molecule is CCC(=O)Nc1cc(-c2ccc(Cl)cc2)nn(CC(=O)Nc2ccc(C(C)=O)cc2)c1=O. The van der Waals surface area contributed by atoms with Gasteiger partial charge in [0.25, 0.3) is 5.56 Å². The highest BCUT2D eigenvalue weighted by molar-refractivity contribution is 6.30. The van der Waals surface area contributed by atoms with E-state index in [2.05, 4.69) is 15.7 Å². The summed E-state index contributed by atoms with van der Waals surface area (Å²) in [5.41, 5.74) is 1.47. The molecule has 0 fully saturated rings. The predicted molar refractivity (Wildman–Crippen MR) is 123 cm³/mol. The Labute approximate surface area is 189 Å². The Morgan fingerprint density at radius 2 is 1.62 bits per heavy atom. The second-order valence-corrected chi connectivity index (χ2v) is 7.43. The maximum Gasteiger partial charge on any atom is 0.291 e. The third kappa shape index (κ3) is 5.67. The van der Waals surface area contributed by atoms with Crippen molar-refractivity contribution in [1.29, 1.82) is 0 Å². The van der Waals surface area contributed by atoms with Crippen LogP contribution in [0.15, 0.2) is 59.4 Å². The minimum atomic E-state index is -0.605. The minimum Gasteiger partial charge on any atom is -0.324 e. The molecule has 0 aliphatic rings. The number of ketones is 1. The summed E-state index contributed by atoms with van der Waals surface area (Å²) in [7, 11) is 0. The lowest BCUT2D eigenvalue weighted by atomic mass is 10.1. The summed E-state index contributed by atoms with van der Waals surface area (Å²) in [4.78, 5) is 48.6. The molecule has 1 heterocycles. The molecule has 1 aromatic heterocycles. The monoisotopic (exact) mass is 452 g/mol. The second kappa shape index (κ2) is 10.0. The van der Waals surface area contributed by atoms with E-state index < -0.39 is 11.5 Å². The zero-order valence-electron chi connectivity index (χ0n) is 17.5. The summed E-state index contributed by atoms with van der Waals surface area (Å²) in [6.45, 7) is 2.75. The zero-order valence-corrected chi connectivity index (χ0v) is 18.3. The molecule has 3 aromatic rings. The molecule has 32 heavy (non-hydrogen) atoms. The molecule has 0 spiro atoms. The van der Waals surface area contributed by atoms with E-state index >= 15 is 0 Å². The Balaban J connectivity index is 1.90. The summed E-state index contributed by atoms with van der Waals surface area (Å²) in [5, 5.41) is 10.1. The maximum atomic E-state index is 12.8. The largest absolute Gasteiger partial charge is 0.324 e. The van der Waals surface area contributed by atoms with Crippen molar-refractivity contribution in [3.05, 3.63) is 75.5 Å². The summed E-state index contributed by atoms with van der Waals surface area (Å²) >= 11 is 5.94. The van der Waals surface area contributed by atoms with Gasteiger partial charge >= 0.3 is 0 Å². The van der Waals surface area contributed by atoms with E-state index in [1.165, 1.54) is 13.0 Å². The van der Waals surface area contributed by atoms with Crippen LogP contribution in [0.25, 0.3) is 11.3 Å². The number of rotatable bonds is 7.